The lowest BCUT2D eigenvalue weighted by Gasteiger charge is -2.47. The van der Waals surface area contributed by atoms with Crippen molar-refractivity contribution in [2.45, 2.75) is 18.6 Å². The van der Waals surface area contributed by atoms with E-state index in [2.05, 4.69) is 33.3 Å². The molecule has 0 bridgehead atoms. The number of rotatable bonds is 7. The number of hydrogen-bond donors (Lipinski definition) is 2. The lowest BCUT2D eigenvalue weighted by Crippen LogP contribution is -2.61. The molecule has 228 valence electrons. The number of pyridine rings is 1. The van der Waals surface area contributed by atoms with Crippen LogP contribution in [-0.4, -0.2) is 87.7 Å². The molecule has 0 unspecified atom stereocenters. The highest BCUT2D eigenvalue weighted by atomic mass is 32.2. The largest absolute Gasteiger partial charge is 0.478 e. The number of aromatic nitrogens is 4. The van der Waals surface area contributed by atoms with Crippen molar-refractivity contribution in [2.24, 2.45) is 13.0 Å². The minimum atomic E-state index is -3.55. The molecule has 0 radical (unpaired) electrons. The number of likely N-dealkylation sites (tertiary alicyclic amines) is 1. The number of β-amino-alcohol motifs (C(OH)–C–C–N with tert-alkyl or cyclic N) is 1. The molecule has 5 heterocycles. The number of aliphatic hydroxyl groups is 1. The summed E-state index contributed by atoms with van der Waals surface area (Å²) >= 11 is 0. The first-order valence-corrected chi connectivity index (χ1v) is 15.6. The standard InChI is InChI=1S/C31H33N7O5S/c1-4-44(40,41)38-15-14-23(25(39)18-38)37-16-20(17-37)10-12-24-27(28-29(32)33-19-34-30(28)36(24)2)22-11-13-26(31(35-22)42-3)43-21-8-6-5-7-9-21/h4-9,11,13,19-20,23,25,39H,1,14-18H2,2-3H3,(H2,32,33,34)/t23-,25+/m1/s1. The number of ether oxygens (including phenoxy) is 2. The Hall–Kier alpha value is -4.48. The van der Waals surface area contributed by atoms with Crippen LogP contribution in [-0.2, 0) is 17.1 Å². The van der Waals surface area contributed by atoms with Crippen molar-refractivity contribution in [3.63, 3.8) is 0 Å². The highest BCUT2D eigenvalue weighted by Gasteiger charge is 2.40. The molecular formula is C31H33N7O5S. The number of piperidine rings is 1. The number of nitrogens with two attached hydrogens (primary N) is 1. The molecule has 1 aromatic carbocycles. The van der Waals surface area contributed by atoms with Crippen LogP contribution in [0.25, 0.3) is 22.3 Å². The minimum absolute atomic E-state index is 0.0548. The zero-order valence-corrected chi connectivity index (χ0v) is 25.2. The van der Waals surface area contributed by atoms with Gasteiger partial charge in [0, 0.05) is 56.2 Å². The first kappa shape index (κ1) is 29.6. The van der Waals surface area contributed by atoms with Gasteiger partial charge in [0.25, 0.3) is 5.88 Å². The predicted octanol–water partition coefficient (Wildman–Crippen LogP) is 2.61. The van der Waals surface area contributed by atoms with Crippen LogP contribution in [0.3, 0.4) is 0 Å². The van der Waals surface area contributed by atoms with Gasteiger partial charge >= 0.3 is 0 Å². The molecule has 3 N–H and O–H groups in total. The van der Waals surface area contributed by atoms with Crippen LogP contribution in [0.2, 0.25) is 0 Å². The molecule has 4 aromatic rings. The SMILES string of the molecule is C=CS(=O)(=O)N1CC[C@@H](N2CC(C#Cc3c(-c4ccc(Oc5ccccc5)c(OC)n4)c4c(N)ncnc4n3C)C2)[C@@H](O)C1. The molecule has 2 fully saturated rings. The fourth-order valence-electron chi connectivity index (χ4n) is 5.78. The quantitative estimate of drug-likeness (QED) is 0.297. The van der Waals surface area contributed by atoms with Gasteiger partial charge in [-0.05, 0) is 36.6 Å². The zero-order valence-electron chi connectivity index (χ0n) is 24.4. The smallest absolute Gasteiger partial charge is 0.257 e. The Morgan fingerprint density at radius 1 is 1.14 bits per heavy atom. The van der Waals surface area contributed by atoms with Gasteiger partial charge in [0.15, 0.2) is 5.75 Å². The Morgan fingerprint density at radius 2 is 1.91 bits per heavy atom. The number of aliphatic hydroxyl groups excluding tert-OH is 1. The zero-order chi connectivity index (χ0) is 31.0. The number of aryl methyl sites for hydroxylation is 1. The molecule has 2 atom stereocenters. The highest BCUT2D eigenvalue weighted by molar-refractivity contribution is 7.92. The predicted molar refractivity (Wildman–Crippen MR) is 166 cm³/mol. The molecule has 13 heteroatoms. The number of sulfonamides is 1. The molecule has 0 aliphatic carbocycles. The van der Waals surface area contributed by atoms with E-state index in [0.717, 1.165) is 5.41 Å². The maximum absolute atomic E-state index is 12.1. The van der Waals surface area contributed by atoms with E-state index in [0.29, 0.717) is 77.2 Å². The van der Waals surface area contributed by atoms with Crippen LogP contribution in [0.15, 0.2) is 60.8 Å². The molecular weight excluding hydrogens is 582 g/mol. The van der Waals surface area contributed by atoms with E-state index >= 15 is 0 Å². The lowest BCUT2D eigenvalue weighted by molar-refractivity contribution is -0.0309. The summed E-state index contributed by atoms with van der Waals surface area (Å²) in [5.41, 5.74) is 8.94. The van der Waals surface area contributed by atoms with Gasteiger partial charge in [-0.25, -0.2) is 23.4 Å². The van der Waals surface area contributed by atoms with Crippen LogP contribution >= 0.6 is 0 Å². The number of para-hydroxylation sites is 1. The van der Waals surface area contributed by atoms with Crippen molar-refractivity contribution in [3.05, 3.63) is 66.5 Å². The van der Waals surface area contributed by atoms with Crippen molar-refractivity contribution >= 4 is 26.9 Å². The van der Waals surface area contributed by atoms with Crippen LogP contribution in [0.5, 0.6) is 17.4 Å². The summed E-state index contributed by atoms with van der Waals surface area (Å²) in [5.74, 6) is 8.53. The van der Waals surface area contributed by atoms with Gasteiger partial charge < -0.3 is 24.9 Å². The lowest BCUT2D eigenvalue weighted by atomic mass is 9.92. The summed E-state index contributed by atoms with van der Waals surface area (Å²) in [6, 6.07) is 12.9. The third-order valence-corrected chi connectivity index (χ3v) is 9.57. The van der Waals surface area contributed by atoms with Crippen LogP contribution in [0.1, 0.15) is 12.1 Å². The first-order valence-electron chi connectivity index (χ1n) is 14.1. The number of fused-ring (bicyclic) bond motifs is 1. The number of nitrogens with zero attached hydrogens (tertiary/aromatic N) is 6. The van der Waals surface area contributed by atoms with Gasteiger partial charge in [-0.2, -0.15) is 4.31 Å². The van der Waals surface area contributed by atoms with Gasteiger partial charge in [0.05, 0.1) is 24.3 Å². The van der Waals surface area contributed by atoms with Crippen molar-refractivity contribution in [1.29, 1.82) is 0 Å². The number of anilines is 1. The van der Waals surface area contributed by atoms with E-state index in [-0.39, 0.29) is 18.5 Å². The minimum Gasteiger partial charge on any atom is -0.478 e. The average Bonchev–Trinajstić information content (AvgIpc) is 3.30. The van der Waals surface area contributed by atoms with Gasteiger partial charge in [0.2, 0.25) is 10.0 Å². The van der Waals surface area contributed by atoms with E-state index in [1.165, 1.54) is 17.7 Å². The topological polar surface area (TPSA) is 149 Å². The average molecular weight is 616 g/mol. The van der Waals surface area contributed by atoms with Gasteiger partial charge in [-0.3, -0.25) is 4.90 Å². The van der Waals surface area contributed by atoms with Crippen LogP contribution in [0.4, 0.5) is 5.82 Å². The molecule has 2 aliphatic heterocycles. The summed E-state index contributed by atoms with van der Waals surface area (Å²) in [7, 11) is -0.143. The molecule has 44 heavy (non-hydrogen) atoms. The monoisotopic (exact) mass is 615 g/mol. The van der Waals surface area contributed by atoms with Crippen molar-refractivity contribution < 1.29 is 23.0 Å². The number of methoxy groups -OCH3 is 1. The highest BCUT2D eigenvalue weighted by Crippen LogP contribution is 2.38. The molecule has 0 amide bonds. The van der Waals surface area contributed by atoms with Gasteiger partial charge in [-0.15, -0.1) is 0 Å². The Bertz CT molecular complexity index is 1880. The Labute approximate surface area is 255 Å². The number of benzene rings is 1. The van der Waals surface area contributed by atoms with Crippen molar-refractivity contribution in [3.8, 4) is 40.5 Å². The summed E-state index contributed by atoms with van der Waals surface area (Å²) in [4.78, 5) is 15.6. The van der Waals surface area contributed by atoms with Crippen molar-refractivity contribution in [1.82, 2.24) is 28.7 Å². The Balaban J connectivity index is 1.26. The fraction of sp³-hybridized carbons (Fsp3) is 0.323. The third-order valence-electron chi connectivity index (χ3n) is 8.10. The molecule has 0 spiro atoms. The maximum atomic E-state index is 12.1. The molecule has 12 nitrogen and oxygen atoms in total. The second kappa shape index (κ2) is 11.9. The Kier molecular flexibility index (Phi) is 8.00. The molecule has 6 rings (SSSR count). The molecule has 0 saturated carbocycles. The van der Waals surface area contributed by atoms with Gasteiger partial charge in [0.1, 0.15) is 29.2 Å². The first-order chi connectivity index (χ1) is 21.2. The number of nitrogen functional groups attached to an aromatic ring is 1. The Morgan fingerprint density at radius 3 is 2.61 bits per heavy atom. The summed E-state index contributed by atoms with van der Waals surface area (Å²) in [6.45, 7) is 5.11. The summed E-state index contributed by atoms with van der Waals surface area (Å²) in [6.07, 6.45) is 1.18. The molecule has 2 saturated heterocycles. The van der Waals surface area contributed by atoms with E-state index in [1.807, 2.05) is 48.0 Å². The fourth-order valence-corrected chi connectivity index (χ4v) is 6.71. The maximum Gasteiger partial charge on any atom is 0.257 e. The third kappa shape index (κ3) is 5.48. The van der Waals surface area contributed by atoms with Crippen molar-refractivity contribution in [2.75, 3.05) is 39.0 Å². The van der Waals surface area contributed by atoms with E-state index in [4.69, 9.17) is 20.2 Å². The van der Waals surface area contributed by atoms with Gasteiger partial charge in [-0.1, -0.05) is 30.7 Å². The second-order valence-electron chi connectivity index (χ2n) is 10.8. The van der Waals surface area contributed by atoms with E-state index in [1.54, 1.807) is 6.07 Å². The number of hydrogen-bond acceptors (Lipinski definition) is 10. The summed E-state index contributed by atoms with van der Waals surface area (Å²) < 4.78 is 39.0. The molecule has 3 aromatic heterocycles. The summed E-state index contributed by atoms with van der Waals surface area (Å²) in [5, 5.41) is 12.3. The van der Waals surface area contributed by atoms with Crippen LogP contribution in [0, 0.1) is 17.8 Å². The van der Waals surface area contributed by atoms with E-state index < -0.39 is 16.1 Å². The second-order valence-corrected chi connectivity index (χ2v) is 12.7. The normalized spacial score (nSPS) is 19.6. The van der Waals surface area contributed by atoms with Crippen LogP contribution < -0.4 is 15.2 Å². The molecule has 2 aliphatic rings. The van der Waals surface area contributed by atoms with E-state index in [9.17, 15) is 13.5 Å².